The summed E-state index contributed by atoms with van der Waals surface area (Å²) in [6.45, 7) is 2.07. The number of nitrogens with one attached hydrogen (secondary N) is 1. The number of hydrogen-bond acceptors (Lipinski definition) is 2. The van der Waals surface area contributed by atoms with Gasteiger partial charge in [0.15, 0.2) is 0 Å². The zero-order valence-electron chi connectivity index (χ0n) is 5.07. The van der Waals surface area contributed by atoms with Crippen molar-refractivity contribution in [2.75, 3.05) is 0 Å². The van der Waals surface area contributed by atoms with Crippen molar-refractivity contribution in [2.24, 2.45) is 5.84 Å². The van der Waals surface area contributed by atoms with Gasteiger partial charge in [0.1, 0.15) is 7.85 Å². The molecule has 0 heterocycles. The summed E-state index contributed by atoms with van der Waals surface area (Å²) in [5.41, 5.74) is 2.67. The topological polar surface area (TPSA) is 38.0 Å². The lowest BCUT2D eigenvalue weighted by atomic mass is 9.99. The lowest BCUT2D eigenvalue weighted by Crippen LogP contribution is -2.32. The van der Waals surface area contributed by atoms with Crippen LogP contribution in [-0.2, 0) is 0 Å². The third-order valence-electron chi connectivity index (χ3n) is 1.01. The van der Waals surface area contributed by atoms with Crippen LogP contribution in [0.25, 0.3) is 0 Å². The average molecular weight is 100.0 g/mol. The number of hydrogen-bond donors (Lipinski definition) is 2. The van der Waals surface area contributed by atoms with Crippen LogP contribution in [0.2, 0.25) is 6.32 Å². The maximum atomic E-state index is 5.11. The zero-order chi connectivity index (χ0) is 5.70. The Balaban J connectivity index is 2.83. The van der Waals surface area contributed by atoms with E-state index in [-0.39, 0.29) is 0 Å². The summed E-state index contributed by atoms with van der Waals surface area (Å²) in [7, 11) is 2.15. The van der Waals surface area contributed by atoms with Gasteiger partial charge < -0.3 is 0 Å². The SMILES string of the molecule is BCCC(C)NN. The molecule has 42 valence electrons. The fourth-order valence-corrected chi connectivity index (χ4v) is 0.516. The Morgan fingerprint density at radius 3 is 2.57 bits per heavy atom. The average Bonchev–Trinajstić information content (AvgIpc) is 1.68. The standard InChI is InChI=1S/C4H13BN2/c1-4(7-6)2-3-5/h4,7H,2-3,5-6H2,1H3. The molecule has 7 heavy (non-hydrogen) atoms. The normalized spacial score (nSPS) is 14.0. The van der Waals surface area contributed by atoms with Gasteiger partial charge in [-0.25, -0.2) is 0 Å². The van der Waals surface area contributed by atoms with E-state index in [1.54, 1.807) is 0 Å². The van der Waals surface area contributed by atoms with Crippen LogP contribution in [-0.4, -0.2) is 13.9 Å². The largest absolute Gasteiger partial charge is 0.271 e. The summed E-state index contributed by atoms with van der Waals surface area (Å²) in [5.74, 6) is 5.11. The molecule has 0 saturated carbocycles. The first kappa shape index (κ1) is 6.98. The number of rotatable bonds is 3. The fraction of sp³-hybridized carbons (Fsp3) is 1.00. The predicted molar refractivity (Wildman–Crippen MR) is 34.8 cm³/mol. The zero-order valence-corrected chi connectivity index (χ0v) is 5.07. The maximum Gasteiger partial charge on any atom is 0.101 e. The molecule has 2 nitrogen and oxygen atoms in total. The highest BCUT2D eigenvalue weighted by Crippen LogP contribution is 1.89. The smallest absolute Gasteiger partial charge is 0.101 e. The van der Waals surface area contributed by atoms with Gasteiger partial charge in [0.2, 0.25) is 0 Å². The van der Waals surface area contributed by atoms with E-state index in [1.165, 1.54) is 6.32 Å². The quantitative estimate of drug-likeness (QED) is 0.279. The Morgan fingerprint density at radius 2 is 2.43 bits per heavy atom. The molecule has 1 unspecified atom stereocenters. The molecule has 3 heteroatoms. The molecule has 3 N–H and O–H groups in total. The molecule has 0 aliphatic rings. The second-order valence-electron chi connectivity index (χ2n) is 1.86. The van der Waals surface area contributed by atoms with Crippen LogP contribution in [0.5, 0.6) is 0 Å². The minimum absolute atomic E-state index is 0.477. The molecule has 0 saturated heterocycles. The fourth-order valence-electron chi connectivity index (χ4n) is 0.516. The molecule has 0 aromatic heterocycles. The first-order chi connectivity index (χ1) is 3.31. The van der Waals surface area contributed by atoms with Crippen molar-refractivity contribution in [1.82, 2.24) is 5.43 Å². The van der Waals surface area contributed by atoms with Crippen LogP contribution >= 0.6 is 0 Å². The van der Waals surface area contributed by atoms with Gasteiger partial charge in [-0.2, -0.15) is 0 Å². The number of hydrazine groups is 1. The van der Waals surface area contributed by atoms with Crippen molar-refractivity contribution >= 4 is 7.85 Å². The van der Waals surface area contributed by atoms with Crippen molar-refractivity contribution in [2.45, 2.75) is 25.7 Å². The Morgan fingerprint density at radius 1 is 1.86 bits per heavy atom. The third kappa shape index (κ3) is 3.82. The van der Waals surface area contributed by atoms with Crippen LogP contribution in [0.3, 0.4) is 0 Å². The van der Waals surface area contributed by atoms with Crippen molar-refractivity contribution in [1.29, 1.82) is 0 Å². The van der Waals surface area contributed by atoms with Gasteiger partial charge in [-0.05, 0) is 13.3 Å². The van der Waals surface area contributed by atoms with Crippen molar-refractivity contribution in [3.63, 3.8) is 0 Å². The highest BCUT2D eigenvalue weighted by molar-refractivity contribution is 6.08. The predicted octanol–water partition coefficient (Wildman–Crippen LogP) is -0.720. The van der Waals surface area contributed by atoms with Crippen LogP contribution in [0.1, 0.15) is 13.3 Å². The molecule has 0 aliphatic heterocycles. The first-order valence-corrected chi connectivity index (χ1v) is 2.77. The molecule has 0 spiro atoms. The van der Waals surface area contributed by atoms with Crippen LogP contribution in [0.15, 0.2) is 0 Å². The molecule has 0 radical (unpaired) electrons. The summed E-state index contributed by atoms with van der Waals surface area (Å²) < 4.78 is 0. The lowest BCUT2D eigenvalue weighted by molar-refractivity contribution is 0.555. The van der Waals surface area contributed by atoms with E-state index in [0.717, 1.165) is 6.42 Å². The molecule has 0 rings (SSSR count). The summed E-state index contributed by atoms with van der Waals surface area (Å²) in [4.78, 5) is 0. The van der Waals surface area contributed by atoms with Crippen molar-refractivity contribution < 1.29 is 0 Å². The van der Waals surface area contributed by atoms with E-state index >= 15 is 0 Å². The van der Waals surface area contributed by atoms with Crippen molar-refractivity contribution in [3.05, 3.63) is 0 Å². The third-order valence-corrected chi connectivity index (χ3v) is 1.01. The molecule has 0 aromatic rings. The molecule has 0 bridgehead atoms. The van der Waals surface area contributed by atoms with E-state index < -0.39 is 0 Å². The van der Waals surface area contributed by atoms with Crippen LogP contribution in [0.4, 0.5) is 0 Å². The van der Waals surface area contributed by atoms with Crippen molar-refractivity contribution in [3.8, 4) is 0 Å². The summed E-state index contributed by atoms with van der Waals surface area (Å²) in [5, 5.41) is 0. The maximum absolute atomic E-state index is 5.11. The van der Waals surface area contributed by atoms with E-state index in [0.29, 0.717) is 6.04 Å². The second-order valence-corrected chi connectivity index (χ2v) is 1.86. The molecule has 0 amide bonds. The monoisotopic (exact) mass is 100 g/mol. The van der Waals surface area contributed by atoms with E-state index in [4.69, 9.17) is 5.84 Å². The molecule has 0 aliphatic carbocycles. The Labute approximate surface area is 45.8 Å². The second kappa shape index (κ2) is 4.15. The molecular weight excluding hydrogens is 86.9 g/mol. The first-order valence-electron chi connectivity index (χ1n) is 2.77. The van der Waals surface area contributed by atoms with Gasteiger partial charge in [0.25, 0.3) is 0 Å². The summed E-state index contributed by atoms with van der Waals surface area (Å²) in [6.07, 6.45) is 2.36. The molecular formula is C4H13BN2. The highest BCUT2D eigenvalue weighted by atomic mass is 15.2. The minimum Gasteiger partial charge on any atom is -0.271 e. The number of nitrogens with two attached hydrogens (primary N) is 1. The molecule has 1 atom stereocenters. The van der Waals surface area contributed by atoms with Gasteiger partial charge in [0, 0.05) is 6.04 Å². The molecule has 0 fully saturated rings. The summed E-state index contributed by atoms with van der Waals surface area (Å²) >= 11 is 0. The Bertz CT molecular complexity index is 40.7. The van der Waals surface area contributed by atoms with E-state index in [9.17, 15) is 0 Å². The Kier molecular flexibility index (Phi) is 4.14. The van der Waals surface area contributed by atoms with E-state index in [2.05, 4.69) is 20.2 Å². The van der Waals surface area contributed by atoms with E-state index in [1.807, 2.05) is 0 Å². The minimum atomic E-state index is 0.477. The van der Waals surface area contributed by atoms with Crippen LogP contribution < -0.4 is 11.3 Å². The van der Waals surface area contributed by atoms with Gasteiger partial charge in [0.05, 0.1) is 0 Å². The van der Waals surface area contributed by atoms with Crippen LogP contribution in [0, 0.1) is 0 Å². The highest BCUT2D eigenvalue weighted by Gasteiger charge is 1.91. The van der Waals surface area contributed by atoms with Gasteiger partial charge in [-0.1, -0.05) is 6.32 Å². The van der Waals surface area contributed by atoms with Gasteiger partial charge in [-0.3, -0.25) is 11.3 Å². The Hall–Kier alpha value is -0.0151. The molecule has 0 aromatic carbocycles. The summed E-state index contributed by atoms with van der Waals surface area (Å²) in [6, 6.07) is 0.477. The van der Waals surface area contributed by atoms with Gasteiger partial charge in [-0.15, -0.1) is 0 Å². The van der Waals surface area contributed by atoms with Gasteiger partial charge >= 0.3 is 0 Å². The lowest BCUT2D eigenvalue weighted by Gasteiger charge is -2.05.